The van der Waals surface area contributed by atoms with Crippen LogP contribution in [0.15, 0.2) is 18.5 Å². The van der Waals surface area contributed by atoms with E-state index in [4.69, 9.17) is 0 Å². The van der Waals surface area contributed by atoms with Crippen LogP contribution in [-0.2, 0) is 0 Å². The van der Waals surface area contributed by atoms with Crippen LogP contribution in [0.5, 0.6) is 0 Å². The van der Waals surface area contributed by atoms with Gasteiger partial charge >= 0.3 is 0 Å². The number of carbonyl (C=O) groups excluding carboxylic acids is 1. The molecule has 1 fully saturated rings. The van der Waals surface area contributed by atoms with E-state index in [9.17, 15) is 4.79 Å². The lowest BCUT2D eigenvalue weighted by atomic mass is 10.3. The molecule has 3 heterocycles. The maximum absolute atomic E-state index is 12.3. The van der Waals surface area contributed by atoms with Gasteiger partial charge in [0.05, 0.1) is 5.69 Å². The Morgan fingerprint density at radius 3 is 2.68 bits per heavy atom. The van der Waals surface area contributed by atoms with Crippen LogP contribution >= 0.6 is 11.5 Å². The van der Waals surface area contributed by atoms with E-state index in [1.807, 2.05) is 13.0 Å². The first kappa shape index (κ1) is 14.9. The number of hydrogen-bond acceptors (Lipinski definition) is 7. The highest BCUT2D eigenvalue weighted by Crippen LogP contribution is 2.18. The standard InChI is InChI=1S/C14H18N6OS/c1-10-7-13(22-18-10)17-14(21)11-8-12(16-9-15-11)20-5-3-19(2)4-6-20/h7-9H,3-6H2,1-2H3,(H,17,21). The smallest absolute Gasteiger partial charge is 0.275 e. The lowest BCUT2D eigenvalue weighted by molar-refractivity contribution is 0.102. The molecule has 2 aromatic rings. The van der Waals surface area contributed by atoms with E-state index in [0.29, 0.717) is 5.69 Å². The van der Waals surface area contributed by atoms with E-state index in [1.165, 1.54) is 17.9 Å². The Morgan fingerprint density at radius 1 is 1.23 bits per heavy atom. The van der Waals surface area contributed by atoms with Gasteiger partial charge in [-0.25, -0.2) is 9.97 Å². The molecule has 0 spiro atoms. The normalized spacial score (nSPS) is 15.8. The van der Waals surface area contributed by atoms with E-state index in [2.05, 4.69) is 36.5 Å². The fourth-order valence-electron chi connectivity index (χ4n) is 2.28. The summed E-state index contributed by atoms with van der Waals surface area (Å²) in [4.78, 5) is 25.1. The molecule has 22 heavy (non-hydrogen) atoms. The molecule has 8 heteroatoms. The van der Waals surface area contributed by atoms with E-state index < -0.39 is 0 Å². The van der Waals surface area contributed by atoms with Crippen molar-refractivity contribution in [1.29, 1.82) is 0 Å². The second-order valence-corrected chi connectivity index (χ2v) is 6.14. The third kappa shape index (κ3) is 3.40. The summed E-state index contributed by atoms with van der Waals surface area (Å²) >= 11 is 1.26. The van der Waals surface area contributed by atoms with E-state index in [0.717, 1.165) is 42.7 Å². The molecular formula is C14H18N6OS. The Morgan fingerprint density at radius 2 is 2.00 bits per heavy atom. The van der Waals surface area contributed by atoms with Gasteiger partial charge in [0.15, 0.2) is 0 Å². The number of anilines is 2. The van der Waals surface area contributed by atoms with Crippen molar-refractivity contribution in [3.8, 4) is 0 Å². The van der Waals surface area contributed by atoms with Crippen LogP contribution in [0.25, 0.3) is 0 Å². The summed E-state index contributed by atoms with van der Waals surface area (Å²) in [7, 11) is 2.10. The first-order valence-corrected chi connectivity index (χ1v) is 7.89. The highest BCUT2D eigenvalue weighted by Gasteiger charge is 2.17. The minimum Gasteiger partial charge on any atom is -0.354 e. The van der Waals surface area contributed by atoms with Crippen LogP contribution in [0.1, 0.15) is 16.2 Å². The second kappa shape index (κ2) is 6.37. The lowest BCUT2D eigenvalue weighted by Crippen LogP contribution is -2.44. The molecule has 1 saturated heterocycles. The van der Waals surface area contributed by atoms with Crippen LogP contribution in [0.4, 0.5) is 10.8 Å². The molecule has 0 aromatic carbocycles. The largest absolute Gasteiger partial charge is 0.354 e. The van der Waals surface area contributed by atoms with Gasteiger partial charge in [-0.1, -0.05) is 0 Å². The van der Waals surface area contributed by atoms with Crippen molar-refractivity contribution in [2.45, 2.75) is 6.92 Å². The second-order valence-electron chi connectivity index (χ2n) is 5.34. The molecule has 0 atom stereocenters. The van der Waals surface area contributed by atoms with Gasteiger partial charge in [-0.15, -0.1) is 0 Å². The van der Waals surface area contributed by atoms with Crippen LogP contribution in [0, 0.1) is 6.92 Å². The highest BCUT2D eigenvalue weighted by molar-refractivity contribution is 7.10. The summed E-state index contributed by atoms with van der Waals surface area (Å²) in [5, 5.41) is 3.54. The van der Waals surface area contributed by atoms with Crippen molar-refractivity contribution in [3.63, 3.8) is 0 Å². The zero-order chi connectivity index (χ0) is 15.5. The number of aryl methyl sites for hydroxylation is 1. The highest BCUT2D eigenvalue weighted by atomic mass is 32.1. The molecule has 0 saturated carbocycles. The van der Waals surface area contributed by atoms with Crippen LogP contribution in [-0.4, -0.2) is 58.4 Å². The van der Waals surface area contributed by atoms with Crippen LogP contribution < -0.4 is 10.2 Å². The number of nitrogens with one attached hydrogen (secondary N) is 1. The quantitative estimate of drug-likeness (QED) is 0.918. The zero-order valence-corrected chi connectivity index (χ0v) is 13.4. The van der Waals surface area contributed by atoms with Crippen molar-refractivity contribution in [3.05, 3.63) is 29.8 Å². The average molecular weight is 318 g/mol. The number of nitrogens with zero attached hydrogens (tertiary/aromatic N) is 5. The summed E-state index contributed by atoms with van der Waals surface area (Å²) in [6, 6.07) is 3.58. The maximum atomic E-state index is 12.3. The molecule has 1 aliphatic heterocycles. The summed E-state index contributed by atoms with van der Waals surface area (Å²) in [6.07, 6.45) is 1.44. The van der Waals surface area contributed by atoms with Crippen molar-refractivity contribution < 1.29 is 4.79 Å². The average Bonchev–Trinajstić information content (AvgIpc) is 2.93. The molecule has 0 radical (unpaired) electrons. The SMILES string of the molecule is Cc1cc(NC(=O)c2cc(N3CCN(C)CC3)ncn2)sn1. The number of piperazine rings is 1. The van der Waals surface area contributed by atoms with Crippen LogP contribution in [0.2, 0.25) is 0 Å². The summed E-state index contributed by atoms with van der Waals surface area (Å²) < 4.78 is 4.14. The van der Waals surface area contributed by atoms with Gasteiger partial charge in [-0.05, 0) is 31.6 Å². The molecule has 0 bridgehead atoms. The first-order chi connectivity index (χ1) is 10.6. The molecule has 116 valence electrons. The predicted molar refractivity (Wildman–Crippen MR) is 86.5 cm³/mol. The van der Waals surface area contributed by atoms with Gasteiger partial charge in [-0.3, -0.25) is 4.79 Å². The van der Waals surface area contributed by atoms with Crippen molar-refractivity contribution in [2.75, 3.05) is 43.4 Å². The molecule has 0 unspecified atom stereocenters. The lowest BCUT2D eigenvalue weighted by Gasteiger charge is -2.33. The molecule has 0 aliphatic carbocycles. The fourth-order valence-corrected chi connectivity index (χ4v) is 2.93. The monoisotopic (exact) mass is 318 g/mol. The van der Waals surface area contributed by atoms with Gasteiger partial charge in [0.25, 0.3) is 5.91 Å². The number of carbonyl (C=O) groups is 1. The Labute approximate surface area is 133 Å². The van der Waals surface area contributed by atoms with E-state index in [1.54, 1.807) is 6.07 Å². The topological polar surface area (TPSA) is 74.2 Å². The number of hydrogen-bond donors (Lipinski definition) is 1. The number of aromatic nitrogens is 3. The van der Waals surface area contributed by atoms with Gasteiger partial charge < -0.3 is 15.1 Å². The fraction of sp³-hybridized carbons (Fsp3) is 0.429. The molecular weight excluding hydrogens is 300 g/mol. The first-order valence-electron chi connectivity index (χ1n) is 7.12. The van der Waals surface area contributed by atoms with Crippen molar-refractivity contribution in [2.24, 2.45) is 0 Å². The maximum Gasteiger partial charge on any atom is 0.275 e. The molecule has 2 aromatic heterocycles. The molecule has 3 rings (SSSR count). The van der Waals surface area contributed by atoms with Gasteiger partial charge in [0.1, 0.15) is 22.8 Å². The Kier molecular flexibility index (Phi) is 4.30. The minimum absolute atomic E-state index is 0.235. The molecule has 7 nitrogen and oxygen atoms in total. The summed E-state index contributed by atoms with van der Waals surface area (Å²) in [5.41, 5.74) is 1.26. The van der Waals surface area contributed by atoms with E-state index >= 15 is 0 Å². The third-order valence-electron chi connectivity index (χ3n) is 3.58. The van der Waals surface area contributed by atoms with Crippen LogP contribution in [0.3, 0.4) is 0 Å². The van der Waals surface area contributed by atoms with Crippen molar-refractivity contribution >= 4 is 28.3 Å². The minimum atomic E-state index is -0.235. The molecule has 1 N–H and O–H groups in total. The Balaban J connectivity index is 1.71. The Hall–Kier alpha value is -2.06. The Bertz CT molecular complexity index is 665. The number of likely N-dealkylation sites (N-methyl/N-ethyl adjacent to an activating group) is 1. The summed E-state index contributed by atoms with van der Waals surface area (Å²) in [6.45, 7) is 5.69. The third-order valence-corrected chi connectivity index (χ3v) is 4.37. The predicted octanol–water partition coefficient (Wildman–Crippen LogP) is 1.25. The number of amides is 1. The zero-order valence-electron chi connectivity index (χ0n) is 12.6. The van der Waals surface area contributed by atoms with E-state index in [-0.39, 0.29) is 5.91 Å². The van der Waals surface area contributed by atoms with Crippen molar-refractivity contribution in [1.82, 2.24) is 19.2 Å². The van der Waals surface area contributed by atoms with Gasteiger partial charge in [-0.2, -0.15) is 4.37 Å². The van der Waals surface area contributed by atoms with Gasteiger partial charge in [0, 0.05) is 32.2 Å². The van der Waals surface area contributed by atoms with Gasteiger partial charge in [0.2, 0.25) is 0 Å². The molecule has 1 amide bonds. The summed E-state index contributed by atoms with van der Waals surface area (Å²) in [5.74, 6) is 0.565. The molecule has 1 aliphatic rings. The number of rotatable bonds is 3.